The molecule has 0 radical (unpaired) electrons. The lowest BCUT2D eigenvalue weighted by Gasteiger charge is -2.04. The second-order valence-electron chi connectivity index (χ2n) is 2.28. The van der Waals surface area contributed by atoms with Crippen LogP contribution in [0.15, 0.2) is 18.2 Å². The zero-order valence-electron chi connectivity index (χ0n) is 6.50. The number of methoxy groups -OCH3 is 1. The SMILES string of the molecule is COc1ccc(CN)cc1N. The van der Waals surface area contributed by atoms with Gasteiger partial charge in [-0.05, 0) is 17.7 Å². The van der Waals surface area contributed by atoms with E-state index >= 15 is 0 Å². The van der Waals surface area contributed by atoms with Crippen LogP contribution in [0.25, 0.3) is 0 Å². The Bertz CT molecular complexity index is 248. The summed E-state index contributed by atoms with van der Waals surface area (Å²) in [7, 11) is 1.59. The van der Waals surface area contributed by atoms with Gasteiger partial charge in [-0.2, -0.15) is 0 Å². The van der Waals surface area contributed by atoms with Gasteiger partial charge in [-0.25, -0.2) is 0 Å². The second-order valence-corrected chi connectivity index (χ2v) is 2.28. The minimum Gasteiger partial charge on any atom is -0.495 e. The van der Waals surface area contributed by atoms with Crippen molar-refractivity contribution in [3.8, 4) is 5.75 Å². The smallest absolute Gasteiger partial charge is 0.141 e. The van der Waals surface area contributed by atoms with Crippen LogP contribution in [0.2, 0.25) is 0 Å². The maximum absolute atomic E-state index is 5.63. The first kappa shape index (κ1) is 7.88. The zero-order chi connectivity index (χ0) is 8.27. The highest BCUT2D eigenvalue weighted by atomic mass is 16.5. The van der Waals surface area contributed by atoms with Crippen molar-refractivity contribution in [3.63, 3.8) is 0 Å². The van der Waals surface area contributed by atoms with Gasteiger partial charge in [0.2, 0.25) is 0 Å². The quantitative estimate of drug-likeness (QED) is 0.614. The minimum absolute atomic E-state index is 0.508. The largest absolute Gasteiger partial charge is 0.495 e. The number of benzene rings is 1. The molecule has 3 heteroatoms. The summed E-state index contributed by atoms with van der Waals surface area (Å²) in [6.07, 6.45) is 0. The standard InChI is InChI=1S/C8H12N2O/c1-11-8-3-2-6(5-9)4-7(8)10/h2-4H,5,9-10H2,1H3. The van der Waals surface area contributed by atoms with Crippen molar-refractivity contribution in [1.82, 2.24) is 0 Å². The van der Waals surface area contributed by atoms with Crippen LogP contribution in [0.3, 0.4) is 0 Å². The lowest BCUT2D eigenvalue weighted by molar-refractivity contribution is 0.417. The number of hydrogen-bond donors (Lipinski definition) is 2. The maximum Gasteiger partial charge on any atom is 0.141 e. The lowest BCUT2D eigenvalue weighted by Crippen LogP contribution is -1.98. The first-order chi connectivity index (χ1) is 5.27. The van der Waals surface area contributed by atoms with Crippen LogP contribution in [0.5, 0.6) is 5.75 Å². The number of rotatable bonds is 2. The van der Waals surface area contributed by atoms with Crippen molar-refractivity contribution in [1.29, 1.82) is 0 Å². The summed E-state index contributed by atoms with van der Waals surface area (Å²) < 4.78 is 4.98. The average molecular weight is 152 g/mol. The van der Waals surface area contributed by atoms with Gasteiger partial charge in [0.25, 0.3) is 0 Å². The van der Waals surface area contributed by atoms with E-state index in [0.29, 0.717) is 18.0 Å². The fourth-order valence-electron chi connectivity index (χ4n) is 0.911. The van der Waals surface area contributed by atoms with E-state index in [-0.39, 0.29) is 0 Å². The molecule has 60 valence electrons. The Balaban J connectivity index is 2.99. The molecule has 0 atom stereocenters. The lowest BCUT2D eigenvalue weighted by atomic mass is 10.2. The van der Waals surface area contributed by atoms with Crippen molar-refractivity contribution in [3.05, 3.63) is 23.8 Å². The Morgan fingerprint density at radius 2 is 2.18 bits per heavy atom. The fourth-order valence-corrected chi connectivity index (χ4v) is 0.911. The number of anilines is 1. The second kappa shape index (κ2) is 3.25. The molecule has 0 unspecified atom stereocenters. The highest BCUT2D eigenvalue weighted by Crippen LogP contribution is 2.21. The molecule has 0 saturated carbocycles. The average Bonchev–Trinajstić information content (AvgIpc) is 2.04. The van der Waals surface area contributed by atoms with Gasteiger partial charge in [-0.1, -0.05) is 6.07 Å². The summed E-state index contributed by atoms with van der Waals surface area (Å²) in [5.41, 5.74) is 12.7. The summed E-state index contributed by atoms with van der Waals surface area (Å²) in [6.45, 7) is 0.508. The van der Waals surface area contributed by atoms with Crippen molar-refractivity contribution >= 4 is 5.69 Å². The number of hydrogen-bond acceptors (Lipinski definition) is 3. The number of ether oxygens (including phenoxy) is 1. The van der Waals surface area contributed by atoms with E-state index in [1.54, 1.807) is 7.11 Å². The molecule has 0 bridgehead atoms. The Hall–Kier alpha value is -1.22. The molecule has 1 rings (SSSR count). The van der Waals surface area contributed by atoms with Crippen LogP contribution < -0.4 is 16.2 Å². The van der Waals surface area contributed by atoms with Crippen LogP contribution in [0.1, 0.15) is 5.56 Å². The molecule has 0 spiro atoms. The molecule has 3 nitrogen and oxygen atoms in total. The molecule has 0 heterocycles. The summed E-state index contributed by atoms with van der Waals surface area (Å²) >= 11 is 0. The van der Waals surface area contributed by atoms with E-state index in [4.69, 9.17) is 16.2 Å². The fraction of sp³-hybridized carbons (Fsp3) is 0.250. The molecule has 0 aliphatic carbocycles. The van der Waals surface area contributed by atoms with Crippen LogP contribution in [0, 0.1) is 0 Å². The number of nitrogens with two attached hydrogens (primary N) is 2. The van der Waals surface area contributed by atoms with Gasteiger partial charge < -0.3 is 16.2 Å². The predicted molar refractivity (Wildman–Crippen MR) is 45.3 cm³/mol. The Morgan fingerprint density at radius 3 is 2.64 bits per heavy atom. The van der Waals surface area contributed by atoms with Crippen LogP contribution in [-0.4, -0.2) is 7.11 Å². The first-order valence-corrected chi connectivity index (χ1v) is 3.40. The van der Waals surface area contributed by atoms with E-state index in [2.05, 4.69) is 0 Å². The highest BCUT2D eigenvalue weighted by Gasteiger charge is 1.97. The van der Waals surface area contributed by atoms with Gasteiger partial charge in [-0.15, -0.1) is 0 Å². The Kier molecular flexibility index (Phi) is 2.33. The molecule has 0 amide bonds. The molecule has 1 aromatic carbocycles. The minimum atomic E-state index is 0.508. The molecule has 0 aliphatic rings. The van der Waals surface area contributed by atoms with Gasteiger partial charge in [0.05, 0.1) is 12.8 Å². The zero-order valence-corrected chi connectivity index (χ0v) is 6.50. The Morgan fingerprint density at radius 1 is 1.45 bits per heavy atom. The van der Waals surface area contributed by atoms with Gasteiger partial charge in [0.15, 0.2) is 0 Å². The predicted octanol–water partition coefficient (Wildman–Crippen LogP) is 0.736. The van der Waals surface area contributed by atoms with Crippen molar-refractivity contribution in [2.24, 2.45) is 5.73 Å². The third kappa shape index (κ3) is 1.62. The number of nitrogen functional groups attached to an aromatic ring is 1. The summed E-state index contributed by atoms with van der Waals surface area (Å²) in [4.78, 5) is 0. The van der Waals surface area contributed by atoms with Crippen LogP contribution in [-0.2, 0) is 6.54 Å². The van der Waals surface area contributed by atoms with Crippen LogP contribution >= 0.6 is 0 Å². The van der Waals surface area contributed by atoms with Gasteiger partial charge in [0, 0.05) is 6.54 Å². The first-order valence-electron chi connectivity index (χ1n) is 3.40. The van der Waals surface area contributed by atoms with E-state index < -0.39 is 0 Å². The summed E-state index contributed by atoms with van der Waals surface area (Å²) in [5, 5.41) is 0. The molecule has 0 aromatic heterocycles. The summed E-state index contributed by atoms with van der Waals surface area (Å²) in [5.74, 6) is 0.696. The third-order valence-corrected chi connectivity index (χ3v) is 1.53. The normalized spacial score (nSPS) is 9.64. The molecule has 4 N–H and O–H groups in total. The van der Waals surface area contributed by atoms with E-state index in [1.165, 1.54) is 0 Å². The molecule has 0 saturated heterocycles. The molecule has 1 aromatic rings. The van der Waals surface area contributed by atoms with Crippen molar-refractivity contribution in [2.45, 2.75) is 6.54 Å². The molecule has 11 heavy (non-hydrogen) atoms. The van der Waals surface area contributed by atoms with E-state index in [9.17, 15) is 0 Å². The molecule has 0 fully saturated rings. The van der Waals surface area contributed by atoms with Gasteiger partial charge in [-0.3, -0.25) is 0 Å². The maximum atomic E-state index is 5.63. The monoisotopic (exact) mass is 152 g/mol. The van der Waals surface area contributed by atoms with Gasteiger partial charge in [0.1, 0.15) is 5.75 Å². The van der Waals surface area contributed by atoms with Gasteiger partial charge >= 0.3 is 0 Å². The van der Waals surface area contributed by atoms with Crippen molar-refractivity contribution in [2.75, 3.05) is 12.8 Å². The topological polar surface area (TPSA) is 61.3 Å². The third-order valence-electron chi connectivity index (χ3n) is 1.53. The molecular weight excluding hydrogens is 140 g/mol. The van der Waals surface area contributed by atoms with E-state index in [1.807, 2.05) is 18.2 Å². The van der Waals surface area contributed by atoms with Crippen molar-refractivity contribution < 1.29 is 4.74 Å². The van der Waals surface area contributed by atoms with E-state index in [0.717, 1.165) is 5.56 Å². The Labute approximate surface area is 66.0 Å². The molecule has 0 aliphatic heterocycles. The summed E-state index contributed by atoms with van der Waals surface area (Å²) in [6, 6.07) is 5.53. The highest BCUT2D eigenvalue weighted by molar-refractivity contribution is 5.54. The molecular formula is C8H12N2O. The van der Waals surface area contributed by atoms with Crippen LogP contribution in [0.4, 0.5) is 5.69 Å².